The fraction of sp³-hybridized carbons (Fsp3) is 0.684. The van der Waals surface area contributed by atoms with Crippen LogP contribution in [-0.4, -0.2) is 51.8 Å². The maximum atomic E-state index is 13.6. The predicted molar refractivity (Wildman–Crippen MR) is 351 cm³/mol. The molecule has 1 aliphatic heterocycles. The summed E-state index contributed by atoms with van der Waals surface area (Å²) < 4.78 is 18.5. The molecular weight excluding hydrogens is 1020 g/mol. The number of epoxide rings is 1. The van der Waals surface area contributed by atoms with Crippen molar-refractivity contribution >= 4 is 17.7 Å². The van der Waals surface area contributed by atoms with Crippen molar-refractivity contribution in [3.05, 3.63) is 125 Å². The summed E-state index contributed by atoms with van der Waals surface area (Å²) in [7, 11) is 0. The lowest BCUT2D eigenvalue weighted by Crippen LogP contribution is -2.49. The van der Waals surface area contributed by atoms with Gasteiger partial charge in [-0.15, -0.1) is 5.73 Å². The molecule has 0 radical (unpaired) electrons. The van der Waals surface area contributed by atoms with Crippen LogP contribution in [0.15, 0.2) is 125 Å². The molecule has 0 bridgehead atoms. The zero-order valence-electron chi connectivity index (χ0n) is 55.0. The summed E-state index contributed by atoms with van der Waals surface area (Å²) in [5.74, 6) is -0.196. The first-order chi connectivity index (χ1) is 39.6. The van der Waals surface area contributed by atoms with Gasteiger partial charge in [0.25, 0.3) is 0 Å². The molecule has 3 fully saturated rings. The fourth-order valence-electron chi connectivity index (χ4n) is 12.7. The van der Waals surface area contributed by atoms with Crippen LogP contribution in [0.4, 0.5) is 0 Å². The molecule has 7 heteroatoms. The van der Waals surface area contributed by atoms with Crippen LogP contribution >= 0.6 is 0 Å². The Kier molecular flexibility index (Phi) is 34.7. The Balaban J connectivity index is 1.35. The minimum atomic E-state index is -1.14. The highest BCUT2D eigenvalue weighted by atomic mass is 16.6. The molecule has 1 N–H and O–H groups in total. The van der Waals surface area contributed by atoms with Gasteiger partial charge in [-0.3, -0.25) is 14.4 Å². The topological polar surface area (TPSA) is 102 Å². The van der Waals surface area contributed by atoms with Crippen LogP contribution in [0.5, 0.6) is 0 Å². The van der Waals surface area contributed by atoms with E-state index in [4.69, 9.17) is 14.2 Å². The van der Waals surface area contributed by atoms with Gasteiger partial charge >= 0.3 is 11.9 Å². The number of esters is 2. The molecule has 2 saturated carbocycles. The highest BCUT2D eigenvalue weighted by Gasteiger charge is 2.76. The standard InChI is InChI=1S/C76H120O7/c1-13-15-17-19-21-23-25-27-29-31-33-35-37-39-41-53-70(78)81-66-57-72(7,8)69(74(11,80)59-66)56-55-64(5)50-45-49-62(3)47-43-44-48-63(4)51-46-52-65(6)68(77)61-76-73(9,10)58-67(60-75(76,12)83-76)82-71(79)54-42-40-38-36-34-32-30-28-26-24-22-20-18-16-14-2/h27-30,43-52,55,66-67,80H,13-26,31-42,53-54,57-61H2,1-12H3/b29-27-,30-28-,44-43+,49-45+,51-46+,62-47+,63-48+,64-50+,65-52+/t56?,66-,67-,74+,75+,76-/m0/s1. The molecule has 83 heavy (non-hydrogen) atoms. The molecule has 466 valence electrons. The number of Topliss-reactive ketones (excluding diaryl/α,β-unsaturated/α-hetero) is 1. The third-order valence-corrected chi connectivity index (χ3v) is 17.7. The van der Waals surface area contributed by atoms with E-state index in [9.17, 15) is 19.5 Å². The SMILES string of the molecule is CCCCCCCC/C=C\CCCCCCCC(=O)O[C@H]1CC(C)(C)[C@]2(CC(=O)/C(C)=C/C=C/C(C)=C/C=C/C=C(C)/C=C/C=C(\C)C=C=C3C(C)(C)C[C@H](OC(=O)CCCCCCC/C=C\CCCCCCCC)C[C@@]3(C)O)O[C@]2(C)C1. The number of carbonyl (C=O) groups is 3. The number of rotatable bonds is 42. The van der Waals surface area contributed by atoms with E-state index >= 15 is 0 Å². The van der Waals surface area contributed by atoms with Crippen molar-refractivity contribution in [2.24, 2.45) is 10.8 Å². The lowest BCUT2D eigenvalue weighted by atomic mass is 9.61. The number of allylic oxidation sites excluding steroid dienone is 18. The summed E-state index contributed by atoms with van der Waals surface area (Å²) >= 11 is 0. The summed E-state index contributed by atoms with van der Waals surface area (Å²) in [5.41, 5.74) is 5.21. The Labute approximate surface area is 508 Å². The largest absolute Gasteiger partial charge is 0.462 e. The Morgan fingerprint density at radius 1 is 0.518 bits per heavy atom. The number of fused-ring (bicyclic) bond motifs is 1. The van der Waals surface area contributed by atoms with Crippen molar-refractivity contribution in [2.75, 3.05) is 0 Å². The molecule has 0 aromatic carbocycles. The van der Waals surface area contributed by atoms with Gasteiger partial charge in [0.1, 0.15) is 17.8 Å². The Hall–Kier alpha value is -4.29. The van der Waals surface area contributed by atoms with E-state index in [0.29, 0.717) is 50.5 Å². The first-order valence-electron chi connectivity index (χ1n) is 33.4. The normalized spacial score (nSPS) is 23.9. The minimum Gasteiger partial charge on any atom is -0.462 e. The maximum Gasteiger partial charge on any atom is 0.306 e. The molecule has 3 aliphatic rings. The van der Waals surface area contributed by atoms with Crippen molar-refractivity contribution in [2.45, 2.75) is 324 Å². The summed E-state index contributed by atoms with van der Waals surface area (Å²) in [6.07, 6.45) is 66.3. The van der Waals surface area contributed by atoms with E-state index in [1.54, 1.807) is 0 Å². The van der Waals surface area contributed by atoms with Gasteiger partial charge in [0.15, 0.2) is 5.78 Å². The van der Waals surface area contributed by atoms with Crippen LogP contribution in [0, 0.1) is 10.8 Å². The van der Waals surface area contributed by atoms with Crippen LogP contribution in [0.3, 0.4) is 0 Å². The second kappa shape index (κ2) is 39.4. The molecule has 7 nitrogen and oxygen atoms in total. The second-order valence-electron chi connectivity index (χ2n) is 26.9. The first-order valence-corrected chi connectivity index (χ1v) is 33.4. The molecule has 1 heterocycles. The minimum absolute atomic E-state index is 0.0776. The number of aliphatic hydroxyl groups is 1. The van der Waals surface area contributed by atoms with Crippen LogP contribution in [0.1, 0.15) is 295 Å². The van der Waals surface area contributed by atoms with Gasteiger partial charge in [-0.2, -0.15) is 0 Å². The van der Waals surface area contributed by atoms with Gasteiger partial charge in [0.05, 0.1) is 11.2 Å². The van der Waals surface area contributed by atoms with Gasteiger partial charge in [0.2, 0.25) is 0 Å². The fourth-order valence-corrected chi connectivity index (χ4v) is 12.7. The summed E-state index contributed by atoms with van der Waals surface area (Å²) in [5, 5.41) is 11.6. The zero-order chi connectivity index (χ0) is 61.0. The smallest absolute Gasteiger partial charge is 0.306 e. The third-order valence-electron chi connectivity index (χ3n) is 17.7. The summed E-state index contributed by atoms with van der Waals surface area (Å²) in [6, 6.07) is 0. The quantitative estimate of drug-likeness (QED) is 0.0124. The number of hydrogen-bond acceptors (Lipinski definition) is 7. The average Bonchev–Trinajstić information content (AvgIpc) is 1.56. The number of carbonyl (C=O) groups excluding carboxylic acids is 3. The molecule has 0 aromatic rings. The molecule has 0 aromatic heterocycles. The van der Waals surface area contributed by atoms with Crippen LogP contribution in [0.25, 0.3) is 0 Å². The number of ether oxygens (including phenoxy) is 3. The van der Waals surface area contributed by atoms with Crippen molar-refractivity contribution < 1.29 is 33.7 Å². The van der Waals surface area contributed by atoms with E-state index in [-0.39, 0.29) is 40.8 Å². The van der Waals surface area contributed by atoms with E-state index in [1.165, 1.54) is 116 Å². The molecule has 3 rings (SSSR count). The van der Waals surface area contributed by atoms with E-state index in [0.717, 1.165) is 73.7 Å². The maximum absolute atomic E-state index is 13.6. The Bertz CT molecular complexity index is 2280. The summed E-state index contributed by atoms with van der Waals surface area (Å²) in [6.45, 7) is 24.9. The molecule has 0 unspecified atom stereocenters. The molecular formula is C76H120O7. The predicted octanol–water partition coefficient (Wildman–Crippen LogP) is 21.3. The highest BCUT2D eigenvalue weighted by Crippen LogP contribution is 2.67. The first kappa shape index (κ1) is 73.0. The molecule has 0 amide bonds. The van der Waals surface area contributed by atoms with E-state index in [1.807, 2.05) is 82.4 Å². The summed E-state index contributed by atoms with van der Waals surface area (Å²) in [4.78, 5) is 39.4. The van der Waals surface area contributed by atoms with Crippen molar-refractivity contribution in [1.29, 1.82) is 0 Å². The molecule has 1 saturated heterocycles. The van der Waals surface area contributed by atoms with Gasteiger partial charge in [0, 0.05) is 43.1 Å². The average molecular weight is 1150 g/mol. The van der Waals surface area contributed by atoms with Gasteiger partial charge in [-0.1, -0.05) is 240 Å². The highest BCUT2D eigenvalue weighted by molar-refractivity contribution is 5.96. The van der Waals surface area contributed by atoms with E-state index < -0.39 is 16.8 Å². The van der Waals surface area contributed by atoms with Crippen LogP contribution < -0.4 is 0 Å². The number of unbranched alkanes of at least 4 members (excludes halogenated alkanes) is 22. The monoisotopic (exact) mass is 1140 g/mol. The Morgan fingerprint density at radius 3 is 1.37 bits per heavy atom. The zero-order valence-corrected chi connectivity index (χ0v) is 55.0. The van der Waals surface area contributed by atoms with Crippen LogP contribution in [0.2, 0.25) is 0 Å². The Morgan fingerprint density at radius 2 is 0.928 bits per heavy atom. The van der Waals surface area contributed by atoms with Crippen molar-refractivity contribution in [3.8, 4) is 0 Å². The van der Waals surface area contributed by atoms with Crippen molar-refractivity contribution in [3.63, 3.8) is 0 Å². The molecule has 2 aliphatic carbocycles. The van der Waals surface area contributed by atoms with Crippen LogP contribution in [-0.2, 0) is 28.6 Å². The van der Waals surface area contributed by atoms with Gasteiger partial charge < -0.3 is 19.3 Å². The van der Waals surface area contributed by atoms with E-state index in [2.05, 4.69) is 97.6 Å². The second-order valence-corrected chi connectivity index (χ2v) is 26.9. The lowest BCUT2D eigenvalue weighted by Gasteiger charge is -2.44. The number of hydrogen-bond donors (Lipinski definition) is 1. The van der Waals surface area contributed by atoms with Crippen molar-refractivity contribution in [1.82, 2.24) is 0 Å². The lowest BCUT2D eigenvalue weighted by molar-refractivity contribution is -0.156. The third kappa shape index (κ3) is 28.6. The molecule has 5 atom stereocenters. The number of ketones is 1. The van der Waals surface area contributed by atoms with Gasteiger partial charge in [-0.05, 0) is 141 Å². The van der Waals surface area contributed by atoms with Gasteiger partial charge in [-0.25, -0.2) is 0 Å². The molecule has 0 spiro atoms.